The van der Waals surface area contributed by atoms with Gasteiger partial charge in [0.2, 0.25) is 11.8 Å². The molecule has 0 atom stereocenters. The van der Waals surface area contributed by atoms with Gasteiger partial charge in [-0.2, -0.15) is 0 Å². The maximum atomic E-state index is 5.45. The van der Waals surface area contributed by atoms with E-state index in [4.69, 9.17) is 10.2 Å². The summed E-state index contributed by atoms with van der Waals surface area (Å²) < 4.78 is 5.23. The van der Waals surface area contributed by atoms with Crippen LogP contribution in [0.2, 0.25) is 0 Å². The number of hydrogen-bond acceptors (Lipinski definition) is 3. The van der Waals surface area contributed by atoms with Gasteiger partial charge in [-0.3, -0.25) is 0 Å². The van der Waals surface area contributed by atoms with E-state index in [9.17, 15) is 0 Å². The summed E-state index contributed by atoms with van der Waals surface area (Å²) in [5, 5.41) is 0. The van der Waals surface area contributed by atoms with E-state index in [0.717, 1.165) is 5.56 Å². The molecule has 3 nitrogen and oxygen atoms in total. The van der Waals surface area contributed by atoms with Gasteiger partial charge >= 0.3 is 0 Å². The van der Waals surface area contributed by atoms with Crippen LogP contribution in [0.15, 0.2) is 28.8 Å². The number of oxazole rings is 1. The third-order valence-corrected chi connectivity index (χ3v) is 2.28. The van der Waals surface area contributed by atoms with Crippen LogP contribution in [0.1, 0.15) is 11.1 Å². The van der Waals surface area contributed by atoms with Crippen molar-refractivity contribution < 1.29 is 4.42 Å². The van der Waals surface area contributed by atoms with Crippen LogP contribution >= 0.6 is 0 Å². The van der Waals surface area contributed by atoms with Crippen molar-refractivity contribution >= 4 is 5.88 Å². The predicted octanol–water partition coefficient (Wildman–Crippen LogP) is 2.54. The van der Waals surface area contributed by atoms with E-state index in [1.165, 1.54) is 17.3 Å². The van der Waals surface area contributed by atoms with Crippen molar-refractivity contribution in [2.75, 3.05) is 5.73 Å². The second-order valence-electron chi connectivity index (χ2n) is 3.37. The molecule has 0 spiro atoms. The zero-order chi connectivity index (χ0) is 10.1. The lowest BCUT2D eigenvalue weighted by atomic mass is 10.1. The first-order valence-corrected chi connectivity index (χ1v) is 4.46. The molecule has 0 saturated carbocycles. The molecule has 3 heteroatoms. The summed E-state index contributed by atoms with van der Waals surface area (Å²) in [6.45, 7) is 4.13. The van der Waals surface area contributed by atoms with Gasteiger partial charge in [0.05, 0.1) is 6.20 Å². The van der Waals surface area contributed by atoms with E-state index in [2.05, 4.69) is 18.8 Å². The monoisotopic (exact) mass is 188 g/mol. The van der Waals surface area contributed by atoms with Crippen molar-refractivity contribution in [2.24, 2.45) is 0 Å². The second-order valence-corrected chi connectivity index (χ2v) is 3.37. The molecule has 2 rings (SSSR count). The lowest BCUT2D eigenvalue weighted by Gasteiger charge is -2.01. The quantitative estimate of drug-likeness (QED) is 0.748. The minimum atomic E-state index is 0.346. The topological polar surface area (TPSA) is 52.0 Å². The van der Waals surface area contributed by atoms with Crippen LogP contribution in [0.3, 0.4) is 0 Å². The number of aromatic nitrogens is 1. The van der Waals surface area contributed by atoms with Crippen molar-refractivity contribution in [3.05, 3.63) is 35.5 Å². The highest BCUT2D eigenvalue weighted by Gasteiger charge is 2.05. The van der Waals surface area contributed by atoms with Gasteiger partial charge in [-0.15, -0.1) is 0 Å². The number of aryl methyl sites for hydroxylation is 2. The van der Waals surface area contributed by atoms with Crippen molar-refractivity contribution in [1.82, 2.24) is 4.98 Å². The summed E-state index contributed by atoms with van der Waals surface area (Å²) in [5.74, 6) is 0.920. The molecule has 0 radical (unpaired) electrons. The van der Waals surface area contributed by atoms with Crippen molar-refractivity contribution in [2.45, 2.75) is 13.8 Å². The number of hydrogen-bond donors (Lipinski definition) is 1. The van der Waals surface area contributed by atoms with Gasteiger partial charge in [0.15, 0.2) is 0 Å². The summed E-state index contributed by atoms with van der Waals surface area (Å²) in [6, 6.07) is 6.07. The number of nitrogens with zero attached hydrogens (tertiary/aromatic N) is 1. The molecule has 1 heterocycles. The number of anilines is 1. The van der Waals surface area contributed by atoms with E-state index in [1.54, 1.807) is 0 Å². The fourth-order valence-corrected chi connectivity index (χ4v) is 1.29. The van der Waals surface area contributed by atoms with Crippen LogP contribution in [0.25, 0.3) is 11.5 Å². The predicted molar refractivity (Wildman–Crippen MR) is 55.8 cm³/mol. The smallest absolute Gasteiger partial charge is 0.228 e. The Morgan fingerprint density at radius 1 is 1.21 bits per heavy atom. The van der Waals surface area contributed by atoms with E-state index >= 15 is 0 Å². The van der Waals surface area contributed by atoms with Gasteiger partial charge in [-0.05, 0) is 37.1 Å². The summed E-state index contributed by atoms with van der Waals surface area (Å²) in [6.07, 6.45) is 1.52. The summed E-state index contributed by atoms with van der Waals surface area (Å²) in [4.78, 5) is 4.07. The van der Waals surface area contributed by atoms with Crippen LogP contribution in [-0.2, 0) is 0 Å². The highest BCUT2D eigenvalue weighted by molar-refractivity contribution is 5.56. The van der Waals surface area contributed by atoms with Gasteiger partial charge in [0.1, 0.15) is 0 Å². The summed E-state index contributed by atoms with van der Waals surface area (Å²) in [5.41, 5.74) is 8.90. The molecule has 0 amide bonds. The molecule has 0 bridgehead atoms. The van der Waals surface area contributed by atoms with Gasteiger partial charge < -0.3 is 10.2 Å². The molecule has 0 aliphatic heterocycles. The molecule has 0 aliphatic carbocycles. The van der Waals surface area contributed by atoms with E-state index in [-0.39, 0.29) is 0 Å². The third-order valence-electron chi connectivity index (χ3n) is 2.28. The first-order chi connectivity index (χ1) is 6.66. The summed E-state index contributed by atoms with van der Waals surface area (Å²) in [7, 11) is 0. The largest absolute Gasteiger partial charge is 0.421 e. The lowest BCUT2D eigenvalue weighted by Crippen LogP contribution is -1.83. The van der Waals surface area contributed by atoms with E-state index < -0.39 is 0 Å². The Labute approximate surface area is 82.6 Å². The standard InChI is InChI=1S/C11H12N2O/c1-7-3-4-9(5-8(7)2)11-13-6-10(12)14-11/h3-6H,12H2,1-2H3. The highest BCUT2D eigenvalue weighted by atomic mass is 16.4. The molecular formula is C11H12N2O. The molecule has 14 heavy (non-hydrogen) atoms. The first kappa shape index (κ1) is 8.81. The van der Waals surface area contributed by atoms with Crippen LogP contribution in [0.5, 0.6) is 0 Å². The molecule has 2 N–H and O–H groups in total. The molecular weight excluding hydrogens is 176 g/mol. The Morgan fingerprint density at radius 2 is 2.00 bits per heavy atom. The van der Waals surface area contributed by atoms with Crippen LogP contribution < -0.4 is 5.73 Å². The Kier molecular flexibility index (Phi) is 2.00. The van der Waals surface area contributed by atoms with Gasteiger partial charge in [0, 0.05) is 5.56 Å². The lowest BCUT2D eigenvalue weighted by molar-refractivity contribution is 0.594. The molecule has 2 aromatic rings. The minimum Gasteiger partial charge on any atom is -0.421 e. The zero-order valence-electron chi connectivity index (χ0n) is 8.24. The number of benzene rings is 1. The Balaban J connectivity index is 2.47. The molecule has 0 saturated heterocycles. The maximum Gasteiger partial charge on any atom is 0.228 e. The van der Waals surface area contributed by atoms with E-state index in [0.29, 0.717) is 11.8 Å². The highest BCUT2D eigenvalue weighted by Crippen LogP contribution is 2.22. The molecule has 0 aliphatic rings. The number of nitrogens with two attached hydrogens (primary N) is 1. The molecule has 1 aromatic heterocycles. The second kappa shape index (κ2) is 3.18. The molecule has 72 valence electrons. The number of rotatable bonds is 1. The first-order valence-electron chi connectivity index (χ1n) is 4.46. The SMILES string of the molecule is Cc1ccc(-c2ncc(N)o2)cc1C. The Hall–Kier alpha value is -1.77. The number of nitrogen functional groups attached to an aromatic ring is 1. The van der Waals surface area contributed by atoms with Crippen molar-refractivity contribution in [3.63, 3.8) is 0 Å². The summed E-state index contributed by atoms with van der Waals surface area (Å²) >= 11 is 0. The van der Waals surface area contributed by atoms with Crippen LogP contribution in [0, 0.1) is 13.8 Å². The van der Waals surface area contributed by atoms with Crippen LogP contribution in [0.4, 0.5) is 5.88 Å². The van der Waals surface area contributed by atoms with Crippen LogP contribution in [-0.4, -0.2) is 4.98 Å². The Bertz CT molecular complexity index is 460. The normalized spacial score (nSPS) is 10.4. The maximum absolute atomic E-state index is 5.45. The zero-order valence-corrected chi connectivity index (χ0v) is 8.24. The van der Waals surface area contributed by atoms with Gasteiger partial charge in [-0.1, -0.05) is 6.07 Å². The Morgan fingerprint density at radius 3 is 2.57 bits per heavy atom. The van der Waals surface area contributed by atoms with E-state index in [1.807, 2.05) is 18.2 Å². The van der Waals surface area contributed by atoms with Gasteiger partial charge in [-0.25, -0.2) is 4.98 Å². The fraction of sp³-hybridized carbons (Fsp3) is 0.182. The fourth-order valence-electron chi connectivity index (χ4n) is 1.29. The third kappa shape index (κ3) is 1.48. The molecule has 1 aromatic carbocycles. The minimum absolute atomic E-state index is 0.346. The average molecular weight is 188 g/mol. The average Bonchev–Trinajstić information content (AvgIpc) is 2.57. The van der Waals surface area contributed by atoms with Crippen molar-refractivity contribution in [1.29, 1.82) is 0 Å². The molecule has 0 unspecified atom stereocenters. The molecule has 0 fully saturated rings. The van der Waals surface area contributed by atoms with Crippen molar-refractivity contribution in [3.8, 4) is 11.5 Å². The van der Waals surface area contributed by atoms with Gasteiger partial charge in [0.25, 0.3) is 0 Å².